The normalized spacial score (nSPS) is 15.5. The smallest absolute Gasteiger partial charge is 0.241 e. The fourth-order valence-electron chi connectivity index (χ4n) is 2.91. The standard InChI is InChI=1S/C20H24N2O3S/c1-13-4-11-19(14(2)12-13)26(24,25)22-15(3)16-7-9-18(10-8-16)21-20(23)17-5-6-17/h4,7-12,15,17,22H,5-6H2,1-3H3,(H,21,23). The Morgan fingerprint density at radius 3 is 2.31 bits per heavy atom. The molecule has 1 saturated carbocycles. The van der Waals surface area contributed by atoms with Gasteiger partial charge in [0.05, 0.1) is 4.90 Å². The van der Waals surface area contributed by atoms with Crippen molar-refractivity contribution in [2.45, 2.75) is 44.6 Å². The molecule has 1 aliphatic rings. The van der Waals surface area contributed by atoms with Crippen molar-refractivity contribution in [1.82, 2.24) is 4.72 Å². The molecule has 1 unspecified atom stereocenters. The van der Waals surface area contributed by atoms with Gasteiger partial charge in [-0.25, -0.2) is 13.1 Å². The molecule has 2 aromatic carbocycles. The van der Waals surface area contributed by atoms with Gasteiger partial charge >= 0.3 is 0 Å². The number of aryl methyl sites for hydroxylation is 2. The van der Waals surface area contributed by atoms with Gasteiger partial charge in [-0.3, -0.25) is 4.79 Å². The van der Waals surface area contributed by atoms with E-state index in [1.807, 2.05) is 25.1 Å². The molecule has 1 aliphatic carbocycles. The first-order valence-corrected chi connectivity index (χ1v) is 10.2. The van der Waals surface area contributed by atoms with Crippen LogP contribution >= 0.6 is 0 Å². The summed E-state index contributed by atoms with van der Waals surface area (Å²) in [6.07, 6.45) is 1.92. The zero-order valence-corrected chi connectivity index (χ0v) is 16.1. The van der Waals surface area contributed by atoms with Crippen molar-refractivity contribution in [3.63, 3.8) is 0 Å². The molecule has 0 heterocycles. The largest absolute Gasteiger partial charge is 0.326 e. The summed E-state index contributed by atoms with van der Waals surface area (Å²) in [5.74, 6) is 0.208. The lowest BCUT2D eigenvalue weighted by atomic mass is 10.1. The van der Waals surface area contributed by atoms with Crippen molar-refractivity contribution in [3.05, 3.63) is 59.2 Å². The first kappa shape index (κ1) is 18.6. The second-order valence-corrected chi connectivity index (χ2v) is 8.68. The van der Waals surface area contributed by atoms with Crippen molar-refractivity contribution in [1.29, 1.82) is 0 Å². The second-order valence-electron chi connectivity index (χ2n) is 7.00. The summed E-state index contributed by atoms with van der Waals surface area (Å²) in [5, 5.41) is 2.88. The summed E-state index contributed by atoms with van der Waals surface area (Å²) in [5.41, 5.74) is 3.32. The van der Waals surface area contributed by atoms with Crippen LogP contribution in [0.5, 0.6) is 0 Å². The van der Waals surface area contributed by atoms with Crippen LogP contribution in [0.1, 0.15) is 42.5 Å². The minimum atomic E-state index is -3.61. The van der Waals surface area contributed by atoms with Gasteiger partial charge in [0, 0.05) is 17.6 Å². The number of hydrogen-bond acceptors (Lipinski definition) is 3. The topological polar surface area (TPSA) is 75.3 Å². The molecule has 1 fully saturated rings. The highest BCUT2D eigenvalue weighted by atomic mass is 32.2. The van der Waals surface area contributed by atoms with Gasteiger partial charge in [-0.1, -0.05) is 29.8 Å². The number of nitrogens with one attached hydrogen (secondary N) is 2. The molecular weight excluding hydrogens is 348 g/mol. The number of anilines is 1. The molecule has 0 radical (unpaired) electrons. The summed E-state index contributed by atoms with van der Waals surface area (Å²) >= 11 is 0. The van der Waals surface area contributed by atoms with Gasteiger partial charge in [-0.05, 0) is 62.9 Å². The van der Waals surface area contributed by atoms with E-state index in [-0.39, 0.29) is 17.9 Å². The molecule has 0 aliphatic heterocycles. The molecule has 0 bridgehead atoms. The van der Waals surface area contributed by atoms with Gasteiger partial charge in [-0.2, -0.15) is 0 Å². The summed E-state index contributed by atoms with van der Waals surface area (Å²) in [6, 6.07) is 12.2. The molecule has 0 saturated heterocycles. The number of benzene rings is 2. The van der Waals surface area contributed by atoms with Gasteiger partial charge in [0.2, 0.25) is 15.9 Å². The van der Waals surface area contributed by atoms with E-state index in [9.17, 15) is 13.2 Å². The van der Waals surface area contributed by atoms with E-state index in [1.54, 1.807) is 38.1 Å². The van der Waals surface area contributed by atoms with E-state index < -0.39 is 10.0 Å². The Morgan fingerprint density at radius 2 is 1.73 bits per heavy atom. The predicted molar refractivity (Wildman–Crippen MR) is 102 cm³/mol. The van der Waals surface area contributed by atoms with Gasteiger partial charge in [0.25, 0.3) is 0 Å². The van der Waals surface area contributed by atoms with Crippen molar-refractivity contribution < 1.29 is 13.2 Å². The molecule has 5 nitrogen and oxygen atoms in total. The average Bonchev–Trinajstić information content (AvgIpc) is 3.39. The van der Waals surface area contributed by atoms with Crippen molar-refractivity contribution in [2.24, 2.45) is 5.92 Å². The molecular formula is C20H24N2O3S. The quantitative estimate of drug-likeness (QED) is 0.812. The summed E-state index contributed by atoms with van der Waals surface area (Å²) in [7, 11) is -3.61. The van der Waals surface area contributed by atoms with Crippen LogP contribution in [-0.2, 0) is 14.8 Å². The number of amides is 1. The number of carbonyl (C=O) groups is 1. The average molecular weight is 372 g/mol. The number of hydrogen-bond donors (Lipinski definition) is 2. The zero-order chi connectivity index (χ0) is 18.9. The van der Waals surface area contributed by atoms with Crippen LogP contribution in [0.15, 0.2) is 47.4 Å². The van der Waals surface area contributed by atoms with Crippen molar-refractivity contribution in [3.8, 4) is 0 Å². The third-order valence-electron chi connectivity index (χ3n) is 4.58. The lowest BCUT2D eigenvalue weighted by Gasteiger charge is -2.16. The van der Waals surface area contributed by atoms with Crippen LogP contribution in [0.2, 0.25) is 0 Å². The Labute approximate surface area is 154 Å². The highest BCUT2D eigenvalue weighted by Gasteiger charge is 2.29. The van der Waals surface area contributed by atoms with E-state index in [0.29, 0.717) is 4.90 Å². The third-order valence-corrected chi connectivity index (χ3v) is 6.28. The SMILES string of the molecule is Cc1ccc(S(=O)(=O)NC(C)c2ccc(NC(=O)C3CC3)cc2)c(C)c1. The fourth-order valence-corrected chi connectivity index (χ4v) is 4.37. The predicted octanol–water partition coefficient (Wildman–Crippen LogP) is 3.69. The maximum atomic E-state index is 12.7. The molecule has 6 heteroatoms. The van der Waals surface area contributed by atoms with Crippen LogP contribution in [0, 0.1) is 19.8 Å². The summed E-state index contributed by atoms with van der Waals surface area (Å²) in [4.78, 5) is 12.1. The molecule has 1 atom stereocenters. The van der Waals surface area contributed by atoms with E-state index in [0.717, 1.165) is 35.2 Å². The Kier molecular flexibility index (Phi) is 5.16. The van der Waals surface area contributed by atoms with Crippen LogP contribution in [0.25, 0.3) is 0 Å². The van der Waals surface area contributed by atoms with Gasteiger partial charge < -0.3 is 5.32 Å². The molecule has 3 rings (SSSR count). The van der Waals surface area contributed by atoms with E-state index in [4.69, 9.17) is 0 Å². The molecule has 1 amide bonds. The molecule has 26 heavy (non-hydrogen) atoms. The maximum Gasteiger partial charge on any atom is 0.241 e. The highest BCUT2D eigenvalue weighted by molar-refractivity contribution is 7.89. The Morgan fingerprint density at radius 1 is 1.08 bits per heavy atom. The van der Waals surface area contributed by atoms with E-state index in [2.05, 4.69) is 10.0 Å². The summed E-state index contributed by atoms with van der Waals surface area (Å²) in [6.45, 7) is 5.53. The molecule has 0 aromatic heterocycles. The van der Waals surface area contributed by atoms with Crippen molar-refractivity contribution >= 4 is 21.6 Å². The van der Waals surface area contributed by atoms with Gasteiger partial charge in [0.1, 0.15) is 0 Å². The number of sulfonamides is 1. The van der Waals surface area contributed by atoms with Crippen LogP contribution < -0.4 is 10.0 Å². The van der Waals surface area contributed by atoms with Gasteiger partial charge in [-0.15, -0.1) is 0 Å². The van der Waals surface area contributed by atoms with Crippen molar-refractivity contribution in [2.75, 3.05) is 5.32 Å². The van der Waals surface area contributed by atoms with E-state index >= 15 is 0 Å². The first-order chi connectivity index (χ1) is 12.3. The maximum absolute atomic E-state index is 12.7. The molecule has 138 valence electrons. The van der Waals surface area contributed by atoms with E-state index in [1.165, 1.54) is 0 Å². The minimum Gasteiger partial charge on any atom is -0.326 e. The Bertz CT molecular complexity index is 917. The zero-order valence-electron chi connectivity index (χ0n) is 15.2. The Hall–Kier alpha value is -2.18. The molecule has 0 spiro atoms. The van der Waals surface area contributed by atoms with Crippen LogP contribution in [0.4, 0.5) is 5.69 Å². The Balaban J connectivity index is 1.70. The molecule has 2 aromatic rings. The first-order valence-electron chi connectivity index (χ1n) is 8.76. The highest BCUT2D eigenvalue weighted by Crippen LogP contribution is 2.30. The molecule has 2 N–H and O–H groups in total. The lowest BCUT2D eigenvalue weighted by molar-refractivity contribution is -0.117. The lowest BCUT2D eigenvalue weighted by Crippen LogP contribution is -2.27. The fraction of sp³-hybridized carbons (Fsp3) is 0.350. The number of rotatable bonds is 6. The third kappa shape index (κ3) is 4.31. The summed E-state index contributed by atoms with van der Waals surface area (Å²) < 4.78 is 28.1. The monoisotopic (exact) mass is 372 g/mol. The second kappa shape index (κ2) is 7.21. The van der Waals surface area contributed by atoms with Gasteiger partial charge in [0.15, 0.2) is 0 Å². The van der Waals surface area contributed by atoms with Crippen LogP contribution in [0.3, 0.4) is 0 Å². The van der Waals surface area contributed by atoms with Crippen LogP contribution in [-0.4, -0.2) is 14.3 Å². The number of carbonyl (C=O) groups excluding carboxylic acids is 1. The minimum absolute atomic E-state index is 0.0568.